The molecule has 0 aliphatic carbocycles. The van der Waals surface area contributed by atoms with Crippen molar-refractivity contribution in [2.75, 3.05) is 0 Å². The third-order valence-corrected chi connectivity index (χ3v) is 3.51. The third-order valence-electron chi connectivity index (χ3n) is 2.41. The van der Waals surface area contributed by atoms with Crippen LogP contribution in [0.2, 0.25) is 0 Å². The minimum Gasteiger partial charge on any atom is -0.478 e. The fourth-order valence-corrected chi connectivity index (χ4v) is 2.44. The summed E-state index contributed by atoms with van der Waals surface area (Å²) in [6, 6.07) is 12.4. The summed E-state index contributed by atoms with van der Waals surface area (Å²) in [7, 11) is 0. The van der Waals surface area contributed by atoms with Crippen LogP contribution in [0.3, 0.4) is 0 Å². The molecule has 94 valence electrons. The van der Waals surface area contributed by atoms with Crippen LogP contribution in [0.25, 0.3) is 0 Å². The van der Waals surface area contributed by atoms with E-state index in [-0.39, 0.29) is 10.5 Å². The van der Waals surface area contributed by atoms with Gasteiger partial charge in [0, 0.05) is 9.79 Å². The standard InChI is InChI=1S/C14H8FNO2S/c15-11-6-5-9(14(17)18)7-13(11)19-12-4-2-1-3-10(12)8-16/h1-7H,(H,17,18). The quantitative estimate of drug-likeness (QED) is 0.929. The van der Waals surface area contributed by atoms with Crippen molar-refractivity contribution in [1.29, 1.82) is 5.26 Å². The molecule has 0 spiro atoms. The van der Waals surface area contributed by atoms with Crippen LogP contribution >= 0.6 is 11.8 Å². The second-order valence-electron chi connectivity index (χ2n) is 3.66. The largest absolute Gasteiger partial charge is 0.478 e. The number of nitrogens with zero attached hydrogens (tertiary/aromatic N) is 1. The van der Waals surface area contributed by atoms with Crippen molar-refractivity contribution in [3.05, 3.63) is 59.4 Å². The van der Waals surface area contributed by atoms with E-state index in [1.54, 1.807) is 24.3 Å². The van der Waals surface area contributed by atoms with E-state index >= 15 is 0 Å². The second kappa shape index (κ2) is 5.55. The highest BCUT2D eigenvalue weighted by molar-refractivity contribution is 7.99. The summed E-state index contributed by atoms with van der Waals surface area (Å²) in [5.41, 5.74) is 0.436. The van der Waals surface area contributed by atoms with Crippen LogP contribution in [-0.4, -0.2) is 11.1 Å². The number of nitriles is 1. The molecule has 1 N–H and O–H groups in total. The summed E-state index contributed by atoms with van der Waals surface area (Å²) in [6.07, 6.45) is 0. The van der Waals surface area contributed by atoms with Crippen LogP contribution in [0.4, 0.5) is 4.39 Å². The molecule has 0 unspecified atom stereocenters. The molecule has 2 aromatic rings. The van der Waals surface area contributed by atoms with E-state index in [9.17, 15) is 9.18 Å². The topological polar surface area (TPSA) is 61.1 Å². The molecular weight excluding hydrogens is 265 g/mol. The highest BCUT2D eigenvalue weighted by Crippen LogP contribution is 2.32. The smallest absolute Gasteiger partial charge is 0.335 e. The van der Waals surface area contributed by atoms with Gasteiger partial charge in [-0.15, -0.1) is 0 Å². The van der Waals surface area contributed by atoms with Crippen molar-refractivity contribution in [3.63, 3.8) is 0 Å². The van der Waals surface area contributed by atoms with Gasteiger partial charge in [0.25, 0.3) is 0 Å². The van der Waals surface area contributed by atoms with Crippen LogP contribution in [0, 0.1) is 17.1 Å². The van der Waals surface area contributed by atoms with Gasteiger partial charge in [-0.05, 0) is 30.3 Å². The van der Waals surface area contributed by atoms with Crippen molar-refractivity contribution in [2.45, 2.75) is 9.79 Å². The Balaban J connectivity index is 2.41. The molecule has 19 heavy (non-hydrogen) atoms. The Hall–Kier alpha value is -2.32. The molecule has 0 radical (unpaired) electrons. The molecule has 0 aliphatic heterocycles. The number of carboxylic acid groups (broad SMARTS) is 1. The van der Waals surface area contributed by atoms with Crippen molar-refractivity contribution < 1.29 is 14.3 Å². The first-order chi connectivity index (χ1) is 9.11. The number of hydrogen-bond donors (Lipinski definition) is 1. The van der Waals surface area contributed by atoms with Crippen LogP contribution in [0.15, 0.2) is 52.3 Å². The lowest BCUT2D eigenvalue weighted by Crippen LogP contribution is -1.97. The Bertz CT molecular complexity index is 679. The molecule has 3 nitrogen and oxygen atoms in total. The fourth-order valence-electron chi connectivity index (χ4n) is 1.48. The first-order valence-electron chi connectivity index (χ1n) is 5.31. The summed E-state index contributed by atoms with van der Waals surface area (Å²) in [6.45, 7) is 0. The average Bonchev–Trinajstić information content (AvgIpc) is 2.41. The molecule has 0 aliphatic rings. The summed E-state index contributed by atoms with van der Waals surface area (Å²) in [4.78, 5) is 11.6. The molecule has 0 aromatic heterocycles. The molecular formula is C14H8FNO2S. The molecule has 2 rings (SSSR count). The fraction of sp³-hybridized carbons (Fsp3) is 0. The van der Waals surface area contributed by atoms with Gasteiger partial charge in [-0.1, -0.05) is 23.9 Å². The summed E-state index contributed by atoms with van der Waals surface area (Å²) < 4.78 is 13.7. The van der Waals surface area contributed by atoms with Crippen molar-refractivity contribution in [2.24, 2.45) is 0 Å². The third kappa shape index (κ3) is 2.92. The van der Waals surface area contributed by atoms with E-state index < -0.39 is 11.8 Å². The molecule has 5 heteroatoms. The zero-order valence-corrected chi connectivity index (χ0v) is 10.4. The number of aromatic carboxylic acids is 1. The maximum absolute atomic E-state index is 13.7. The summed E-state index contributed by atoms with van der Waals surface area (Å²) in [5, 5.41) is 17.8. The van der Waals surface area contributed by atoms with Gasteiger partial charge >= 0.3 is 5.97 Å². The van der Waals surface area contributed by atoms with Gasteiger partial charge < -0.3 is 5.11 Å². The van der Waals surface area contributed by atoms with Gasteiger partial charge in [0.05, 0.1) is 11.1 Å². The van der Waals surface area contributed by atoms with E-state index in [1.165, 1.54) is 12.1 Å². The Kier molecular flexibility index (Phi) is 3.83. The predicted octanol–water partition coefficient (Wildman–Crippen LogP) is 3.55. The Morgan fingerprint density at radius 3 is 2.63 bits per heavy atom. The van der Waals surface area contributed by atoms with Gasteiger partial charge in [0.1, 0.15) is 11.9 Å². The maximum Gasteiger partial charge on any atom is 0.335 e. The second-order valence-corrected chi connectivity index (χ2v) is 4.74. The molecule has 0 fully saturated rings. The predicted molar refractivity (Wildman–Crippen MR) is 68.6 cm³/mol. The van der Waals surface area contributed by atoms with E-state index in [2.05, 4.69) is 0 Å². The van der Waals surface area contributed by atoms with Gasteiger partial charge in [-0.2, -0.15) is 5.26 Å². The molecule has 0 saturated heterocycles. The highest BCUT2D eigenvalue weighted by Gasteiger charge is 2.11. The molecule has 0 amide bonds. The zero-order valence-electron chi connectivity index (χ0n) is 9.63. The zero-order chi connectivity index (χ0) is 13.8. The van der Waals surface area contributed by atoms with E-state index in [1.807, 2.05) is 6.07 Å². The summed E-state index contributed by atoms with van der Waals surface area (Å²) >= 11 is 1.04. The van der Waals surface area contributed by atoms with E-state index in [0.717, 1.165) is 17.8 Å². The number of hydrogen-bond acceptors (Lipinski definition) is 3. The van der Waals surface area contributed by atoms with Gasteiger partial charge in [0.15, 0.2) is 0 Å². The molecule has 0 saturated carbocycles. The Labute approximate surface area is 113 Å². The average molecular weight is 273 g/mol. The molecule has 0 heterocycles. The lowest BCUT2D eigenvalue weighted by atomic mass is 10.2. The number of halogens is 1. The monoisotopic (exact) mass is 273 g/mol. The lowest BCUT2D eigenvalue weighted by molar-refractivity contribution is 0.0696. The minimum atomic E-state index is -1.12. The van der Waals surface area contributed by atoms with Gasteiger partial charge in [0.2, 0.25) is 0 Å². The van der Waals surface area contributed by atoms with Gasteiger partial charge in [-0.3, -0.25) is 0 Å². The van der Waals surface area contributed by atoms with E-state index in [0.29, 0.717) is 10.5 Å². The lowest BCUT2D eigenvalue weighted by Gasteiger charge is -2.06. The first-order valence-corrected chi connectivity index (χ1v) is 6.13. The van der Waals surface area contributed by atoms with E-state index in [4.69, 9.17) is 10.4 Å². The highest BCUT2D eigenvalue weighted by atomic mass is 32.2. The van der Waals surface area contributed by atoms with Crippen molar-refractivity contribution >= 4 is 17.7 Å². The number of carbonyl (C=O) groups is 1. The van der Waals surface area contributed by atoms with Crippen LogP contribution in [-0.2, 0) is 0 Å². The van der Waals surface area contributed by atoms with Crippen LogP contribution < -0.4 is 0 Å². The Morgan fingerprint density at radius 1 is 1.21 bits per heavy atom. The van der Waals surface area contributed by atoms with Crippen LogP contribution in [0.5, 0.6) is 0 Å². The van der Waals surface area contributed by atoms with Crippen molar-refractivity contribution in [1.82, 2.24) is 0 Å². The van der Waals surface area contributed by atoms with Gasteiger partial charge in [-0.25, -0.2) is 9.18 Å². The normalized spacial score (nSPS) is 9.89. The first kappa shape index (κ1) is 13.1. The minimum absolute atomic E-state index is 0.0124. The Morgan fingerprint density at radius 2 is 1.95 bits per heavy atom. The number of carboxylic acids is 1. The number of benzene rings is 2. The SMILES string of the molecule is N#Cc1ccccc1Sc1cc(C(=O)O)ccc1F. The molecule has 2 aromatic carbocycles. The molecule has 0 bridgehead atoms. The number of rotatable bonds is 3. The summed E-state index contributed by atoms with van der Waals surface area (Å²) in [5.74, 6) is -1.63. The van der Waals surface area contributed by atoms with Crippen molar-refractivity contribution in [3.8, 4) is 6.07 Å². The molecule has 0 atom stereocenters. The maximum atomic E-state index is 13.7. The van der Waals surface area contributed by atoms with Crippen LogP contribution in [0.1, 0.15) is 15.9 Å².